The third-order valence-electron chi connectivity index (χ3n) is 5.06. The van der Waals surface area contributed by atoms with Gasteiger partial charge in [-0.05, 0) is 55.9 Å². The first kappa shape index (κ1) is 18.2. The summed E-state index contributed by atoms with van der Waals surface area (Å²) in [7, 11) is 0. The van der Waals surface area contributed by atoms with Crippen LogP contribution in [0.1, 0.15) is 36.8 Å². The molecule has 2 N–H and O–H groups in total. The van der Waals surface area contributed by atoms with Gasteiger partial charge in [-0.1, -0.05) is 42.5 Å². The number of nitrogens with one attached hydrogen (secondary N) is 2. The predicted molar refractivity (Wildman–Crippen MR) is 104 cm³/mol. The van der Waals surface area contributed by atoms with E-state index in [1.807, 2.05) is 61.5 Å². The van der Waals surface area contributed by atoms with E-state index in [1.165, 1.54) is 0 Å². The van der Waals surface area contributed by atoms with Crippen molar-refractivity contribution in [3.63, 3.8) is 0 Å². The molecule has 0 atom stereocenters. The Morgan fingerprint density at radius 2 is 1.54 bits per heavy atom. The molecule has 26 heavy (non-hydrogen) atoms. The van der Waals surface area contributed by atoms with Gasteiger partial charge in [0.1, 0.15) is 0 Å². The number of benzene rings is 2. The van der Waals surface area contributed by atoms with Crippen LogP contribution in [0.25, 0.3) is 0 Å². The van der Waals surface area contributed by atoms with Crippen molar-refractivity contribution >= 4 is 17.5 Å². The molecule has 2 aromatic carbocycles. The molecule has 2 aromatic rings. The topological polar surface area (TPSA) is 58.2 Å². The maximum atomic E-state index is 12.5. The largest absolute Gasteiger partial charge is 0.352 e. The van der Waals surface area contributed by atoms with Crippen molar-refractivity contribution in [3.05, 3.63) is 65.7 Å². The average Bonchev–Trinajstić information content (AvgIpc) is 2.67. The van der Waals surface area contributed by atoms with Crippen molar-refractivity contribution in [1.29, 1.82) is 0 Å². The first-order chi connectivity index (χ1) is 12.6. The summed E-state index contributed by atoms with van der Waals surface area (Å²) < 4.78 is 0. The Balaban J connectivity index is 1.44. The summed E-state index contributed by atoms with van der Waals surface area (Å²) in [5.74, 6) is 0.181. The van der Waals surface area contributed by atoms with Crippen LogP contribution in [-0.2, 0) is 16.1 Å². The Labute approximate surface area is 155 Å². The molecule has 0 spiro atoms. The van der Waals surface area contributed by atoms with Crippen molar-refractivity contribution < 1.29 is 9.59 Å². The first-order valence-electron chi connectivity index (χ1n) is 9.31. The van der Waals surface area contributed by atoms with Crippen molar-refractivity contribution in [3.8, 4) is 0 Å². The molecule has 4 heteroatoms. The normalized spacial score (nSPS) is 19.6. The van der Waals surface area contributed by atoms with E-state index in [0.717, 1.165) is 42.5 Å². The lowest BCUT2D eigenvalue weighted by Crippen LogP contribution is -2.35. The summed E-state index contributed by atoms with van der Waals surface area (Å²) in [6, 6.07) is 17.8. The molecule has 136 valence electrons. The Kier molecular flexibility index (Phi) is 6.05. The zero-order chi connectivity index (χ0) is 18.4. The van der Waals surface area contributed by atoms with Crippen LogP contribution >= 0.6 is 0 Å². The number of amides is 2. The second kappa shape index (κ2) is 8.65. The van der Waals surface area contributed by atoms with Gasteiger partial charge in [-0.25, -0.2) is 0 Å². The molecule has 0 aliphatic heterocycles. The second-order valence-electron chi connectivity index (χ2n) is 7.11. The van der Waals surface area contributed by atoms with Crippen LogP contribution in [-0.4, -0.2) is 11.8 Å². The summed E-state index contributed by atoms with van der Waals surface area (Å²) in [6.07, 6.45) is 3.07. The average molecular weight is 350 g/mol. The van der Waals surface area contributed by atoms with Crippen LogP contribution in [0.3, 0.4) is 0 Å². The van der Waals surface area contributed by atoms with E-state index < -0.39 is 0 Å². The van der Waals surface area contributed by atoms with E-state index >= 15 is 0 Å². The van der Waals surface area contributed by atoms with Crippen LogP contribution in [0.4, 0.5) is 5.69 Å². The molecule has 0 heterocycles. The molecule has 0 radical (unpaired) electrons. The third kappa shape index (κ3) is 4.94. The lowest BCUT2D eigenvalue weighted by atomic mass is 9.81. The molecule has 0 aromatic heterocycles. The standard InChI is InChI=1S/C22H26N2O2/c1-16-6-5-9-20(14-16)24-22(26)19-12-10-18(11-13-19)21(25)23-15-17-7-3-2-4-8-17/h2-9,14,18-19H,10-13,15H2,1H3,(H,23,25)(H,24,26). The molecule has 1 aliphatic carbocycles. The minimum absolute atomic E-state index is 0.00585. The van der Waals surface area contributed by atoms with E-state index in [-0.39, 0.29) is 23.7 Å². The highest BCUT2D eigenvalue weighted by Gasteiger charge is 2.29. The highest BCUT2D eigenvalue weighted by Crippen LogP contribution is 2.30. The molecule has 1 saturated carbocycles. The van der Waals surface area contributed by atoms with Crippen molar-refractivity contribution in [2.75, 3.05) is 5.32 Å². The van der Waals surface area contributed by atoms with Crippen molar-refractivity contribution in [2.45, 2.75) is 39.2 Å². The van der Waals surface area contributed by atoms with E-state index in [0.29, 0.717) is 6.54 Å². The summed E-state index contributed by atoms with van der Waals surface area (Å²) in [4.78, 5) is 24.8. The molecule has 4 nitrogen and oxygen atoms in total. The van der Waals surface area contributed by atoms with Gasteiger partial charge in [-0.3, -0.25) is 9.59 Å². The van der Waals surface area contributed by atoms with Crippen LogP contribution < -0.4 is 10.6 Å². The molecule has 2 amide bonds. The zero-order valence-corrected chi connectivity index (χ0v) is 15.2. The minimum Gasteiger partial charge on any atom is -0.352 e. The quantitative estimate of drug-likeness (QED) is 0.854. The van der Waals surface area contributed by atoms with Crippen LogP contribution in [0, 0.1) is 18.8 Å². The van der Waals surface area contributed by atoms with Crippen LogP contribution in [0.5, 0.6) is 0 Å². The fourth-order valence-corrected chi connectivity index (χ4v) is 3.51. The van der Waals surface area contributed by atoms with Gasteiger partial charge in [0.05, 0.1) is 0 Å². The van der Waals surface area contributed by atoms with Gasteiger partial charge >= 0.3 is 0 Å². The summed E-state index contributed by atoms with van der Waals surface area (Å²) in [6.45, 7) is 2.57. The monoisotopic (exact) mass is 350 g/mol. The van der Waals surface area contributed by atoms with Gasteiger partial charge in [-0.15, -0.1) is 0 Å². The number of hydrogen-bond donors (Lipinski definition) is 2. The van der Waals surface area contributed by atoms with Gasteiger partial charge < -0.3 is 10.6 Å². The van der Waals surface area contributed by atoms with E-state index in [9.17, 15) is 9.59 Å². The molecule has 1 aliphatic rings. The van der Waals surface area contributed by atoms with Crippen molar-refractivity contribution in [1.82, 2.24) is 5.32 Å². The van der Waals surface area contributed by atoms with Crippen LogP contribution in [0.15, 0.2) is 54.6 Å². The Morgan fingerprint density at radius 3 is 2.19 bits per heavy atom. The molecule has 3 rings (SSSR count). The highest BCUT2D eigenvalue weighted by molar-refractivity contribution is 5.92. The van der Waals surface area contributed by atoms with E-state index in [2.05, 4.69) is 10.6 Å². The number of carbonyl (C=O) groups excluding carboxylic acids is 2. The van der Waals surface area contributed by atoms with Gasteiger partial charge in [0.15, 0.2) is 0 Å². The lowest BCUT2D eigenvalue weighted by molar-refractivity contribution is -0.128. The van der Waals surface area contributed by atoms with Gasteiger partial charge in [0.25, 0.3) is 0 Å². The number of hydrogen-bond acceptors (Lipinski definition) is 2. The van der Waals surface area contributed by atoms with Gasteiger partial charge in [0.2, 0.25) is 11.8 Å². The van der Waals surface area contributed by atoms with E-state index in [1.54, 1.807) is 0 Å². The Morgan fingerprint density at radius 1 is 0.885 bits per heavy atom. The molecular weight excluding hydrogens is 324 g/mol. The minimum atomic E-state index is -0.00585. The highest BCUT2D eigenvalue weighted by atomic mass is 16.2. The SMILES string of the molecule is Cc1cccc(NC(=O)C2CCC(C(=O)NCc3ccccc3)CC2)c1. The maximum absolute atomic E-state index is 12.5. The summed E-state index contributed by atoms with van der Waals surface area (Å²) in [5.41, 5.74) is 3.08. The fraction of sp³-hybridized carbons (Fsp3) is 0.364. The van der Waals surface area contributed by atoms with Gasteiger partial charge in [0, 0.05) is 24.1 Å². The molecular formula is C22H26N2O2. The van der Waals surface area contributed by atoms with Gasteiger partial charge in [-0.2, -0.15) is 0 Å². The number of rotatable bonds is 5. The number of anilines is 1. The smallest absolute Gasteiger partial charge is 0.227 e. The van der Waals surface area contributed by atoms with E-state index in [4.69, 9.17) is 0 Å². The second-order valence-corrected chi connectivity index (χ2v) is 7.11. The fourth-order valence-electron chi connectivity index (χ4n) is 3.51. The Bertz CT molecular complexity index is 750. The summed E-state index contributed by atoms with van der Waals surface area (Å²) in [5, 5.41) is 6.02. The lowest BCUT2D eigenvalue weighted by Gasteiger charge is -2.27. The molecule has 0 unspecified atom stereocenters. The van der Waals surface area contributed by atoms with Crippen LogP contribution in [0.2, 0.25) is 0 Å². The predicted octanol–water partition coefficient (Wildman–Crippen LogP) is 4.06. The zero-order valence-electron chi connectivity index (χ0n) is 15.2. The third-order valence-corrected chi connectivity index (χ3v) is 5.06. The molecule has 0 bridgehead atoms. The Hall–Kier alpha value is -2.62. The maximum Gasteiger partial charge on any atom is 0.227 e. The first-order valence-corrected chi connectivity index (χ1v) is 9.31. The number of aryl methyl sites for hydroxylation is 1. The molecule has 1 fully saturated rings. The van der Waals surface area contributed by atoms with Crippen molar-refractivity contribution in [2.24, 2.45) is 11.8 Å². The molecule has 0 saturated heterocycles. The summed E-state index contributed by atoms with van der Waals surface area (Å²) >= 11 is 0. The number of carbonyl (C=O) groups is 2.